The number of nitrogens with one attached hydrogen (secondary N) is 2. The maximum absolute atomic E-state index is 12.9. The van der Waals surface area contributed by atoms with Gasteiger partial charge in [-0.3, -0.25) is 9.48 Å². The smallest absolute Gasteiger partial charge is 0.235 e. The van der Waals surface area contributed by atoms with Crippen LogP contribution in [0.2, 0.25) is 0 Å². The van der Waals surface area contributed by atoms with Crippen molar-refractivity contribution in [1.82, 2.24) is 20.3 Å². The Kier molecular flexibility index (Phi) is 3.06. The molecule has 1 saturated heterocycles. The van der Waals surface area contributed by atoms with Gasteiger partial charge >= 0.3 is 0 Å². The molecule has 0 saturated carbocycles. The predicted molar refractivity (Wildman–Crippen MR) is 87.1 cm³/mol. The summed E-state index contributed by atoms with van der Waals surface area (Å²) in [5, 5.41) is 14.9. The molecule has 2 aliphatic rings. The number of benzene rings is 1. The Morgan fingerprint density at radius 3 is 2.91 bits per heavy atom. The highest BCUT2D eigenvalue weighted by molar-refractivity contribution is 6.06. The van der Waals surface area contributed by atoms with Crippen LogP contribution in [0, 0.1) is 6.92 Å². The Labute approximate surface area is 135 Å². The first-order chi connectivity index (χ1) is 11.0. The molecule has 1 amide bonds. The molecule has 120 valence electrons. The number of hydrogen-bond donors (Lipinski definition) is 2. The van der Waals surface area contributed by atoms with E-state index in [1.54, 1.807) is 4.68 Å². The first kappa shape index (κ1) is 14.4. The Bertz CT molecular complexity index is 783. The van der Waals surface area contributed by atoms with Crippen molar-refractivity contribution in [1.29, 1.82) is 0 Å². The van der Waals surface area contributed by atoms with Gasteiger partial charge in [-0.15, -0.1) is 5.10 Å². The highest BCUT2D eigenvalue weighted by Gasteiger charge is 2.51. The molecule has 1 aromatic heterocycles. The first-order valence-corrected chi connectivity index (χ1v) is 8.03. The number of amides is 1. The average Bonchev–Trinajstić information content (AvgIpc) is 3.03. The van der Waals surface area contributed by atoms with Gasteiger partial charge in [0, 0.05) is 25.0 Å². The summed E-state index contributed by atoms with van der Waals surface area (Å²) in [5.41, 5.74) is 3.68. The summed E-state index contributed by atoms with van der Waals surface area (Å²) < 4.78 is 1.70. The van der Waals surface area contributed by atoms with Crippen LogP contribution >= 0.6 is 0 Å². The molecule has 0 radical (unpaired) electrons. The Balaban J connectivity index is 1.78. The van der Waals surface area contributed by atoms with E-state index in [1.165, 1.54) is 5.56 Å². The molecule has 6 nitrogen and oxygen atoms in total. The third-order valence-electron chi connectivity index (χ3n) is 5.04. The fourth-order valence-corrected chi connectivity index (χ4v) is 4.06. The molecule has 4 rings (SSSR count). The minimum absolute atomic E-state index is 0.0321. The van der Waals surface area contributed by atoms with Crippen molar-refractivity contribution in [3.8, 4) is 0 Å². The van der Waals surface area contributed by atoms with E-state index in [0.29, 0.717) is 6.42 Å². The first-order valence-electron chi connectivity index (χ1n) is 8.03. The molecule has 1 fully saturated rings. The molecule has 3 atom stereocenters. The molecular weight excluding hydrogens is 290 g/mol. The number of aromatic nitrogens is 3. The number of piperidine rings is 1. The summed E-state index contributed by atoms with van der Waals surface area (Å²) in [4.78, 5) is 12.9. The lowest BCUT2D eigenvalue weighted by Crippen LogP contribution is -2.50. The fourth-order valence-electron chi connectivity index (χ4n) is 4.06. The Morgan fingerprint density at radius 2 is 2.17 bits per heavy atom. The molecule has 2 N–H and O–H groups in total. The van der Waals surface area contributed by atoms with E-state index in [9.17, 15) is 4.79 Å². The summed E-state index contributed by atoms with van der Waals surface area (Å²) >= 11 is 0. The van der Waals surface area contributed by atoms with Crippen LogP contribution in [0.15, 0.2) is 24.4 Å². The van der Waals surface area contributed by atoms with E-state index < -0.39 is 5.41 Å². The van der Waals surface area contributed by atoms with Crippen LogP contribution in [-0.4, -0.2) is 26.9 Å². The van der Waals surface area contributed by atoms with Gasteiger partial charge in [0.05, 0.1) is 17.2 Å². The zero-order valence-electron chi connectivity index (χ0n) is 13.6. The monoisotopic (exact) mass is 311 g/mol. The largest absolute Gasteiger partial charge is 0.325 e. The van der Waals surface area contributed by atoms with E-state index >= 15 is 0 Å². The molecule has 1 aromatic carbocycles. The predicted octanol–water partition coefficient (Wildman–Crippen LogP) is 1.83. The van der Waals surface area contributed by atoms with Crippen LogP contribution in [0.3, 0.4) is 0 Å². The number of carbonyl (C=O) groups excluding carboxylic acids is 1. The molecule has 2 aromatic rings. The minimum atomic E-state index is -0.478. The van der Waals surface area contributed by atoms with Crippen LogP contribution < -0.4 is 10.6 Å². The van der Waals surface area contributed by atoms with Crippen LogP contribution in [-0.2, 0) is 17.3 Å². The van der Waals surface area contributed by atoms with Crippen molar-refractivity contribution in [2.75, 3.05) is 5.32 Å². The van der Waals surface area contributed by atoms with Gasteiger partial charge in [0.25, 0.3) is 0 Å². The summed E-state index contributed by atoms with van der Waals surface area (Å²) in [5.74, 6) is 0.111. The van der Waals surface area contributed by atoms with Crippen LogP contribution in [0.4, 0.5) is 5.69 Å². The molecule has 23 heavy (non-hydrogen) atoms. The number of hydrogen-bond acceptors (Lipinski definition) is 4. The third-order valence-corrected chi connectivity index (χ3v) is 5.04. The van der Waals surface area contributed by atoms with Crippen molar-refractivity contribution in [2.24, 2.45) is 7.05 Å². The lowest BCUT2D eigenvalue weighted by molar-refractivity contribution is -0.122. The molecule has 3 unspecified atom stereocenters. The van der Waals surface area contributed by atoms with E-state index in [4.69, 9.17) is 0 Å². The fraction of sp³-hybridized carbons (Fsp3) is 0.471. The van der Waals surface area contributed by atoms with Crippen molar-refractivity contribution in [2.45, 2.75) is 44.2 Å². The summed E-state index contributed by atoms with van der Waals surface area (Å²) in [6, 6.07) is 6.47. The normalized spacial score (nSPS) is 29.6. The lowest BCUT2D eigenvalue weighted by atomic mass is 9.69. The van der Waals surface area contributed by atoms with Crippen LogP contribution in [0.1, 0.15) is 42.6 Å². The van der Waals surface area contributed by atoms with Crippen molar-refractivity contribution in [3.05, 3.63) is 41.2 Å². The number of rotatable bonds is 1. The topological polar surface area (TPSA) is 71.8 Å². The van der Waals surface area contributed by atoms with Gasteiger partial charge in [-0.2, -0.15) is 0 Å². The molecule has 0 bridgehead atoms. The van der Waals surface area contributed by atoms with Crippen molar-refractivity contribution >= 4 is 11.6 Å². The highest BCUT2D eigenvalue weighted by Crippen LogP contribution is 2.48. The van der Waals surface area contributed by atoms with E-state index in [0.717, 1.165) is 23.4 Å². The number of anilines is 1. The highest BCUT2D eigenvalue weighted by atomic mass is 16.2. The van der Waals surface area contributed by atoms with Gasteiger partial charge < -0.3 is 10.6 Å². The van der Waals surface area contributed by atoms with Gasteiger partial charge in [-0.05, 0) is 38.3 Å². The van der Waals surface area contributed by atoms with Gasteiger partial charge in [0.2, 0.25) is 5.91 Å². The van der Waals surface area contributed by atoms with E-state index in [2.05, 4.69) is 40.9 Å². The van der Waals surface area contributed by atoms with E-state index in [-0.39, 0.29) is 18.0 Å². The summed E-state index contributed by atoms with van der Waals surface area (Å²) in [6.45, 7) is 4.20. The zero-order chi connectivity index (χ0) is 16.2. The molecule has 1 spiro atoms. The number of carbonyl (C=O) groups is 1. The Hall–Kier alpha value is -2.21. The maximum Gasteiger partial charge on any atom is 0.235 e. The molecule has 2 aliphatic heterocycles. The summed E-state index contributed by atoms with van der Waals surface area (Å²) in [7, 11) is 1.86. The van der Waals surface area contributed by atoms with Crippen molar-refractivity contribution in [3.63, 3.8) is 0 Å². The van der Waals surface area contributed by atoms with Crippen LogP contribution in [0.5, 0.6) is 0 Å². The molecule has 3 heterocycles. The maximum atomic E-state index is 12.9. The van der Waals surface area contributed by atoms with E-state index in [1.807, 2.05) is 25.4 Å². The number of nitrogens with zero attached hydrogens (tertiary/aromatic N) is 3. The molecular formula is C17H21N5O. The second-order valence-corrected chi connectivity index (χ2v) is 6.93. The average molecular weight is 311 g/mol. The van der Waals surface area contributed by atoms with Gasteiger partial charge in [0.15, 0.2) is 0 Å². The standard InChI is InChI=1S/C17H21N5O/c1-10-4-5-13-12(6-10)17(16(23)19-13)7-11(2)18-14(8-17)15-9-22(3)21-20-15/h4-6,9,11,14,18H,7-8H2,1-3H3,(H,19,23). The second kappa shape index (κ2) is 4.89. The van der Waals surface area contributed by atoms with Gasteiger partial charge in [0.1, 0.15) is 0 Å². The van der Waals surface area contributed by atoms with Gasteiger partial charge in [-0.25, -0.2) is 0 Å². The molecule has 0 aliphatic carbocycles. The quantitative estimate of drug-likeness (QED) is 0.843. The summed E-state index contributed by atoms with van der Waals surface area (Å²) in [6.07, 6.45) is 3.43. The van der Waals surface area contributed by atoms with Crippen LogP contribution in [0.25, 0.3) is 0 Å². The second-order valence-electron chi connectivity index (χ2n) is 6.93. The zero-order valence-corrected chi connectivity index (χ0v) is 13.6. The number of aryl methyl sites for hydroxylation is 2. The number of fused-ring (bicyclic) bond motifs is 2. The Morgan fingerprint density at radius 1 is 1.35 bits per heavy atom. The third kappa shape index (κ3) is 2.16. The van der Waals surface area contributed by atoms with Crippen molar-refractivity contribution < 1.29 is 4.79 Å². The van der Waals surface area contributed by atoms with Gasteiger partial charge in [-0.1, -0.05) is 22.9 Å². The lowest BCUT2D eigenvalue weighted by Gasteiger charge is -2.40. The SMILES string of the molecule is Cc1ccc2c(c1)C1(CC(C)NC(c3cn(C)nn3)C1)C(=O)N2. The minimum Gasteiger partial charge on any atom is -0.325 e. The molecule has 6 heteroatoms.